The van der Waals surface area contributed by atoms with Gasteiger partial charge >= 0.3 is 0 Å². The van der Waals surface area contributed by atoms with Crippen LogP contribution in [0, 0.1) is 10.1 Å². The maximum absolute atomic E-state index is 12.0. The van der Waals surface area contributed by atoms with Crippen LogP contribution in [0.4, 0.5) is 5.69 Å². The molecule has 0 radical (unpaired) electrons. The van der Waals surface area contributed by atoms with Gasteiger partial charge in [-0.05, 0) is 18.6 Å². The zero-order valence-corrected chi connectivity index (χ0v) is 15.1. The van der Waals surface area contributed by atoms with Gasteiger partial charge in [-0.15, -0.1) is 12.4 Å². The lowest BCUT2D eigenvalue weighted by Gasteiger charge is -2.11. The number of amides is 1. The summed E-state index contributed by atoms with van der Waals surface area (Å²) in [6.45, 7) is 0.406. The van der Waals surface area contributed by atoms with Crippen molar-refractivity contribution in [1.29, 1.82) is 0 Å². The lowest BCUT2D eigenvalue weighted by Crippen LogP contribution is -2.25. The fourth-order valence-corrected chi connectivity index (χ4v) is 2.30. The highest BCUT2D eigenvalue weighted by atomic mass is 35.5. The molecule has 3 N–H and O–H groups in total. The van der Waals surface area contributed by atoms with Gasteiger partial charge in [-0.1, -0.05) is 0 Å². The lowest BCUT2D eigenvalue weighted by atomic mass is 10.1. The average Bonchev–Trinajstić information content (AvgIpc) is 3.10. The SMILES string of the molecule is COc1cc(CCNC(=O)c2coc(CN)c2)c([N+](=O)[O-])cc1OC.Cl. The third-order valence-electron chi connectivity index (χ3n) is 3.58. The number of carbonyl (C=O) groups is 1. The van der Waals surface area contributed by atoms with Gasteiger partial charge in [0.05, 0.1) is 37.3 Å². The van der Waals surface area contributed by atoms with Crippen LogP contribution in [0.25, 0.3) is 0 Å². The smallest absolute Gasteiger partial charge is 0.276 e. The molecular formula is C16H20ClN3O6. The normalized spacial score (nSPS) is 9.96. The van der Waals surface area contributed by atoms with E-state index in [4.69, 9.17) is 19.6 Å². The van der Waals surface area contributed by atoms with Gasteiger partial charge in [-0.3, -0.25) is 14.9 Å². The molecule has 0 spiro atoms. The van der Waals surface area contributed by atoms with Crippen LogP contribution in [0.3, 0.4) is 0 Å². The molecule has 142 valence electrons. The Kier molecular flexibility index (Phi) is 7.88. The summed E-state index contributed by atoms with van der Waals surface area (Å²) in [5, 5.41) is 13.9. The van der Waals surface area contributed by atoms with Crippen LogP contribution in [0.2, 0.25) is 0 Å². The number of rotatable bonds is 8. The van der Waals surface area contributed by atoms with Crippen LogP contribution in [-0.4, -0.2) is 31.6 Å². The quantitative estimate of drug-likeness (QED) is 0.525. The van der Waals surface area contributed by atoms with E-state index >= 15 is 0 Å². The number of nitro groups is 1. The second kappa shape index (κ2) is 9.64. The molecule has 1 heterocycles. The molecule has 0 saturated carbocycles. The average molecular weight is 386 g/mol. The third kappa shape index (κ3) is 4.87. The zero-order chi connectivity index (χ0) is 18.4. The van der Waals surface area contributed by atoms with Crippen molar-refractivity contribution in [2.24, 2.45) is 5.73 Å². The van der Waals surface area contributed by atoms with Crippen LogP contribution in [-0.2, 0) is 13.0 Å². The molecule has 2 aromatic rings. The van der Waals surface area contributed by atoms with Crippen molar-refractivity contribution < 1.29 is 23.6 Å². The monoisotopic (exact) mass is 385 g/mol. The van der Waals surface area contributed by atoms with Crippen LogP contribution in [0.5, 0.6) is 11.5 Å². The van der Waals surface area contributed by atoms with Crippen LogP contribution in [0.15, 0.2) is 28.9 Å². The minimum Gasteiger partial charge on any atom is -0.493 e. The van der Waals surface area contributed by atoms with Crippen molar-refractivity contribution in [2.75, 3.05) is 20.8 Å². The fraction of sp³-hybridized carbons (Fsp3) is 0.312. The van der Waals surface area contributed by atoms with E-state index in [0.717, 1.165) is 0 Å². The Morgan fingerprint density at radius 2 is 1.92 bits per heavy atom. The number of nitrogens with zero attached hydrogens (tertiary/aromatic N) is 1. The summed E-state index contributed by atoms with van der Waals surface area (Å²) >= 11 is 0. The molecule has 26 heavy (non-hydrogen) atoms. The van der Waals surface area contributed by atoms with Gasteiger partial charge in [0.25, 0.3) is 11.6 Å². The number of nitrogens with one attached hydrogen (secondary N) is 1. The molecule has 1 aromatic heterocycles. The van der Waals surface area contributed by atoms with E-state index in [0.29, 0.717) is 22.6 Å². The summed E-state index contributed by atoms with van der Waals surface area (Å²) in [7, 11) is 2.85. The Bertz CT molecular complexity index is 777. The largest absolute Gasteiger partial charge is 0.493 e. The van der Waals surface area contributed by atoms with E-state index in [1.807, 2.05) is 0 Å². The number of benzene rings is 1. The molecule has 0 fully saturated rings. The van der Waals surface area contributed by atoms with Gasteiger partial charge in [0, 0.05) is 12.1 Å². The van der Waals surface area contributed by atoms with Crippen molar-refractivity contribution in [1.82, 2.24) is 5.32 Å². The number of nitrogens with two attached hydrogens (primary N) is 1. The Hall–Kier alpha value is -2.78. The first-order valence-electron chi connectivity index (χ1n) is 7.45. The molecular weight excluding hydrogens is 366 g/mol. The number of hydrogen-bond donors (Lipinski definition) is 2. The highest BCUT2D eigenvalue weighted by Crippen LogP contribution is 2.34. The van der Waals surface area contributed by atoms with E-state index in [1.165, 1.54) is 32.6 Å². The minimum absolute atomic E-state index is 0. The number of halogens is 1. The van der Waals surface area contributed by atoms with Crippen LogP contribution in [0.1, 0.15) is 21.7 Å². The van der Waals surface area contributed by atoms with Crippen molar-refractivity contribution >= 4 is 24.0 Å². The molecule has 1 amide bonds. The van der Waals surface area contributed by atoms with Gasteiger partial charge < -0.3 is 24.9 Å². The van der Waals surface area contributed by atoms with E-state index < -0.39 is 4.92 Å². The molecule has 0 aliphatic carbocycles. The van der Waals surface area contributed by atoms with E-state index in [2.05, 4.69) is 5.32 Å². The summed E-state index contributed by atoms with van der Waals surface area (Å²) in [4.78, 5) is 22.8. The second-order valence-electron chi connectivity index (χ2n) is 5.10. The highest BCUT2D eigenvalue weighted by molar-refractivity contribution is 5.93. The molecule has 1 aromatic carbocycles. The molecule has 10 heteroatoms. The van der Waals surface area contributed by atoms with Crippen LogP contribution < -0.4 is 20.5 Å². The summed E-state index contributed by atoms with van der Waals surface area (Å²) in [6.07, 6.45) is 1.57. The molecule has 0 aliphatic heterocycles. The number of hydrogen-bond acceptors (Lipinski definition) is 7. The third-order valence-corrected chi connectivity index (χ3v) is 3.58. The number of methoxy groups -OCH3 is 2. The molecule has 0 atom stereocenters. The van der Waals surface area contributed by atoms with E-state index in [1.54, 1.807) is 6.07 Å². The van der Waals surface area contributed by atoms with Gasteiger partial charge in [0.15, 0.2) is 11.5 Å². The molecule has 0 saturated heterocycles. The highest BCUT2D eigenvalue weighted by Gasteiger charge is 2.19. The number of nitro benzene ring substituents is 1. The second-order valence-corrected chi connectivity index (χ2v) is 5.10. The molecule has 0 unspecified atom stereocenters. The van der Waals surface area contributed by atoms with Crippen molar-refractivity contribution in [2.45, 2.75) is 13.0 Å². The maximum Gasteiger partial charge on any atom is 0.276 e. The van der Waals surface area contributed by atoms with Gasteiger partial charge in [0.2, 0.25) is 0 Å². The maximum atomic E-state index is 12.0. The van der Waals surface area contributed by atoms with Crippen molar-refractivity contribution in [3.8, 4) is 11.5 Å². The first-order valence-corrected chi connectivity index (χ1v) is 7.45. The predicted molar refractivity (Wildman–Crippen MR) is 96.1 cm³/mol. The number of furan rings is 1. The van der Waals surface area contributed by atoms with Crippen molar-refractivity contribution in [3.05, 3.63) is 51.5 Å². The van der Waals surface area contributed by atoms with Gasteiger partial charge in [0.1, 0.15) is 12.0 Å². The Morgan fingerprint density at radius 3 is 2.46 bits per heavy atom. The minimum atomic E-state index is -0.497. The first-order chi connectivity index (χ1) is 12.0. The molecule has 2 rings (SSSR count). The lowest BCUT2D eigenvalue weighted by molar-refractivity contribution is -0.385. The summed E-state index contributed by atoms with van der Waals surface area (Å²) in [6, 6.07) is 4.39. The molecule has 9 nitrogen and oxygen atoms in total. The zero-order valence-electron chi connectivity index (χ0n) is 14.3. The van der Waals surface area contributed by atoms with E-state index in [9.17, 15) is 14.9 Å². The Labute approximate surface area is 156 Å². The summed E-state index contributed by atoms with van der Waals surface area (Å²) in [5.74, 6) is 0.818. The van der Waals surface area contributed by atoms with Gasteiger partial charge in [-0.2, -0.15) is 0 Å². The number of ether oxygens (including phenoxy) is 2. The topological polar surface area (TPSA) is 130 Å². The Balaban J connectivity index is 0.00000338. The summed E-state index contributed by atoms with van der Waals surface area (Å²) in [5.41, 5.74) is 6.11. The van der Waals surface area contributed by atoms with Crippen LogP contribution >= 0.6 is 12.4 Å². The van der Waals surface area contributed by atoms with Gasteiger partial charge in [-0.25, -0.2) is 0 Å². The fourth-order valence-electron chi connectivity index (χ4n) is 2.30. The first kappa shape index (κ1) is 21.3. The molecule has 0 aliphatic rings. The summed E-state index contributed by atoms with van der Waals surface area (Å²) < 4.78 is 15.3. The van der Waals surface area contributed by atoms with E-state index in [-0.39, 0.29) is 49.3 Å². The molecule has 0 bridgehead atoms. The standard InChI is InChI=1S/C16H19N3O6.ClH/c1-23-14-6-10(13(19(21)22)7-15(14)24-2)3-4-18-16(20)11-5-12(8-17)25-9-11;/h5-7,9H,3-4,8,17H2,1-2H3,(H,18,20);1H. The Morgan fingerprint density at radius 1 is 1.27 bits per heavy atom. The van der Waals surface area contributed by atoms with Crippen molar-refractivity contribution in [3.63, 3.8) is 0 Å². The predicted octanol–water partition coefficient (Wildman–Crippen LogP) is 2.06. The number of carbonyl (C=O) groups excluding carboxylic acids is 1.